The number of thioether (sulfide) groups is 1. The first-order valence-electron chi connectivity index (χ1n) is 4.48. The molecule has 6 heteroatoms. The number of nitrogens with zero attached hydrogens (tertiary/aromatic N) is 1. The van der Waals surface area contributed by atoms with Crippen LogP contribution in [0.2, 0.25) is 0 Å². The summed E-state index contributed by atoms with van der Waals surface area (Å²) in [6.07, 6.45) is 4.91. The van der Waals surface area contributed by atoms with Gasteiger partial charge < -0.3 is 5.11 Å². The van der Waals surface area contributed by atoms with Crippen LogP contribution in [0, 0.1) is 0 Å². The van der Waals surface area contributed by atoms with Gasteiger partial charge in [-0.05, 0) is 24.9 Å². The molecule has 0 aromatic carbocycles. The number of hydrogen-bond donors (Lipinski definition) is 3. The van der Waals surface area contributed by atoms with E-state index in [1.165, 1.54) is 0 Å². The second-order valence-electron chi connectivity index (χ2n) is 3.02. The zero-order valence-corrected chi connectivity index (χ0v) is 9.03. The van der Waals surface area contributed by atoms with Gasteiger partial charge in [-0.15, -0.1) is 0 Å². The van der Waals surface area contributed by atoms with E-state index in [9.17, 15) is 4.79 Å². The van der Waals surface area contributed by atoms with E-state index in [1.54, 1.807) is 11.8 Å². The first-order valence-corrected chi connectivity index (χ1v) is 5.87. The Balaban J connectivity index is 3.57. The molecule has 0 heterocycles. The van der Waals surface area contributed by atoms with E-state index in [2.05, 4.69) is 0 Å². The van der Waals surface area contributed by atoms with Crippen molar-refractivity contribution in [3.05, 3.63) is 0 Å². The molecule has 0 rings (SSSR count). The van der Waals surface area contributed by atoms with Crippen molar-refractivity contribution in [1.82, 2.24) is 5.23 Å². The zero-order valence-electron chi connectivity index (χ0n) is 8.22. The Morgan fingerprint density at radius 1 is 1.36 bits per heavy atom. The fourth-order valence-electron chi connectivity index (χ4n) is 1.10. The van der Waals surface area contributed by atoms with E-state index in [0.717, 1.165) is 18.6 Å². The molecule has 0 aromatic heterocycles. The minimum atomic E-state index is -1.21. The first kappa shape index (κ1) is 13.7. The number of unbranched alkanes of at least 4 members (excludes halogenated alkanes) is 2. The van der Waals surface area contributed by atoms with Crippen molar-refractivity contribution in [3.63, 3.8) is 0 Å². The summed E-state index contributed by atoms with van der Waals surface area (Å²) in [6.45, 7) is 0. The summed E-state index contributed by atoms with van der Waals surface area (Å²) in [5, 5.41) is 25.5. The van der Waals surface area contributed by atoms with E-state index in [-0.39, 0.29) is 11.6 Å². The molecule has 0 aliphatic rings. The third kappa shape index (κ3) is 6.20. The zero-order chi connectivity index (χ0) is 11.0. The number of carboxylic acids is 1. The Morgan fingerprint density at radius 2 is 2.00 bits per heavy atom. The standard InChI is InChI=1S/C8H17NO4S/c1-14-6-4-2-3-5-7(8(10)11)9(12)13/h7,12-13H,2-6H2,1H3,(H,10,11). The minimum absolute atomic E-state index is 0.225. The van der Waals surface area contributed by atoms with Gasteiger partial charge in [-0.3, -0.25) is 15.2 Å². The van der Waals surface area contributed by atoms with Crippen LogP contribution in [0.15, 0.2) is 0 Å². The van der Waals surface area contributed by atoms with Gasteiger partial charge in [0.15, 0.2) is 6.04 Å². The van der Waals surface area contributed by atoms with E-state index >= 15 is 0 Å². The number of aliphatic carboxylic acids is 1. The lowest BCUT2D eigenvalue weighted by molar-refractivity contribution is -0.328. The van der Waals surface area contributed by atoms with Crippen molar-refractivity contribution >= 4 is 17.7 Å². The van der Waals surface area contributed by atoms with E-state index in [4.69, 9.17) is 15.5 Å². The molecule has 0 saturated heterocycles. The largest absolute Gasteiger partial charge is 0.480 e. The topological polar surface area (TPSA) is 81.0 Å². The highest BCUT2D eigenvalue weighted by Crippen LogP contribution is 2.09. The number of carboxylic acid groups (broad SMARTS) is 1. The Morgan fingerprint density at radius 3 is 2.43 bits per heavy atom. The molecule has 0 aliphatic carbocycles. The number of rotatable bonds is 8. The molecule has 0 amide bonds. The maximum absolute atomic E-state index is 10.5. The van der Waals surface area contributed by atoms with Gasteiger partial charge in [0.05, 0.1) is 0 Å². The van der Waals surface area contributed by atoms with Crippen molar-refractivity contribution < 1.29 is 20.3 Å². The predicted molar refractivity (Wildman–Crippen MR) is 53.7 cm³/mol. The van der Waals surface area contributed by atoms with Crippen LogP contribution in [0.1, 0.15) is 25.7 Å². The lowest BCUT2D eigenvalue weighted by Crippen LogP contribution is -2.36. The van der Waals surface area contributed by atoms with Gasteiger partial charge in [-0.2, -0.15) is 11.8 Å². The molecule has 3 N–H and O–H groups in total. The highest BCUT2D eigenvalue weighted by atomic mass is 32.2. The van der Waals surface area contributed by atoms with Gasteiger partial charge >= 0.3 is 5.97 Å². The SMILES string of the molecule is CSCCCCCC(C(=O)O)N(O)O. The number of hydrogen-bond acceptors (Lipinski definition) is 5. The molecule has 5 nitrogen and oxygen atoms in total. The van der Waals surface area contributed by atoms with Crippen LogP contribution in [-0.4, -0.2) is 44.8 Å². The smallest absolute Gasteiger partial charge is 0.325 e. The monoisotopic (exact) mass is 223 g/mol. The quantitative estimate of drug-likeness (QED) is 0.427. The summed E-state index contributed by atoms with van der Waals surface area (Å²) >= 11 is 1.75. The molecule has 84 valence electrons. The third-order valence-corrected chi connectivity index (χ3v) is 2.59. The molecule has 0 aliphatic heterocycles. The van der Waals surface area contributed by atoms with Crippen LogP contribution >= 0.6 is 11.8 Å². The van der Waals surface area contributed by atoms with Crippen molar-refractivity contribution in [1.29, 1.82) is 0 Å². The highest BCUT2D eigenvalue weighted by Gasteiger charge is 2.22. The molecule has 0 saturated carbocycles. The average Bonchev–Trinajstić information content (AvgIpc) is 2.09. The van der Waals surface area contributed by atoms with Crippen LogP contribution in [0.5, 0.6) is 0 Å². The van der Waals surface area contributed by atoms with Crippen LogP contribution in [0.3, 0.4) is 0 Å². The molecule has 0 bridgehead atoms. The Bertz CT molecular complexity index is 165. The fraction of sp³-hybridized carbons (Fsp3) is 0.875. The van der Waals surface area contributed by atoms with Gasteiger partial charge in [0, 0.05) is 0 Å². The van der Waals surface area contributed by atoms with Gasteiger partial charge in [0.2, 0.25) is 0 Å². The van der Waals surface area contributed by atoms with Gasteiger partial charge in [-0.25, -0.2) is 0 Å². The van der Waals surface area contributed by atoms with Crippen LogP contribution in [0.4, 0.5) is 0 Å². The Hall–Kier alpha value is -0.300. The van der Waals surface area contributed by atoms with E-state index in [1.807, 2.05) is 6.26 Å². The van der Waals surface area contributed by atoms with Crippen molar-refractivity contribution in [2.75, 3.05) is 12.0 Å². The predicted octanol–water partition coefficient (Wildman–Crippen LogP) is 1.44. The van der Waals surface area contributed by atoms with Crippen molar-refractivity contribution in [2.45, 2.75) is 31.7 Å². The Labute approximate surface area is 87.6 Å². The van der Waals surface area contributed by atoms with Crippen molar-refractivity contribution in [2.24, 2.45) is 0 Å². The minimum Gasteiger partial charge on any atom is -0.480 e. The van der Waals surface area contributed by atoms with Gasteiger partial charge in [-0.1, -0.05) is 18.1 Å². The number of carbonyl (C=O) groups is 1. The number of hydroxylamine groups is 2. The fourth-order valence-corrected chi connectivity index (χ4v) is 1.59. The summed E-state index contributed by atoms with van der Waals surface area (Å²) in [6, 6.07) is -1.20. The van der Waals surface area contributed by atoms with E-state index in [0.29, 0.717) is 6.42 Å². The molecule has 0 radical (unpaired) electrons. The maximum atomic E-state index is 10.5. The van der Waals surface area contributed by atoms with Crippen molar-refractivity contribution in [3.8, 4) is 0 Å². The molecular weight excluding hydrogens is 206 g/mol. The summed E-state index contributed by atoms with van der Waals surface area (Å²) in [4.78, 5) is 10.5. The van der Waals surface area contributed by atoms with Gasteiger partial charge in [0.1, 0.15) is 0 Å². The molecular formula is C8H17NO4S. The highest BCUT2D eigenvalue weighted by molar-refractivity contribution is 7.98. The van der Waals surface area contributed by atoms with E-state index < -0.39 is 12.0 Å². The summed E-state index contributed by atoms with van der Waals surface area (Å²) in [7, 11) is 0. The molecule has 0 spiro atoms. The van der Waals surface area contributed by atoms with Gasteiger partial charge in [0.25, 0.3) is 0 Å². The van der Waals surface area contributed by atoms with Crippen LogP contribution in [0.25, 0.3) is 0 Å². The van der Waals surface area contributed by atoms with Crippen LogP contribution < -0.4 is 0 Å². The molecule has 14 heavy (non-hydrogen) atoms. The van der Waals surface area contributed by atoms with Crippen LogP contribution in [-0.2, 0) is 4.79 Å². The second-order valence-corrected chi connectivity index (χ2v) is 4.00. The third-order valence-electron chi connectivity index (χ3n) is 1.89. The average molecular weight is 223 g/mol. The maximum Gasteiger partial charge on any atom is 0.325 e. The lowest BCUT2D eigenvalue weighted by atomic mass is 10.1. The lowest BCUT2D eigenvalue weighted by Gasteiger charge is -2.15. The summed E-state index contributed by atoms with van der Waals surface area (Å²) in [5.74, 6) is -0.153. The molecule has 1 unspecified atom stereocenters. The molecule has 1 atom stereocenters. The summed E-state index contributed by atoms with van der Waals surface area (Å²) < 4.78 is 0. The normalized spacial score (nSPS) is 13.1. The molecule has 0 aromatic rings. The molecule has 0 fully saturated rings. The first-order chi connectivity index (χ1) is 6.59. The summed E-state index contributed by atoms with van der Waals surface area (Å²) in [5.41, 5.74) is 0. The second kappa shape index (κ2) is 8.05. The Kier molecular flexibility index (Phi) is 7.87.